The van der Waals surface area contributed by atoms with Crippen LogP contribution in [0.1, 0.15) is 25.7 Å². The fraction of sp³-hybridized carbons (Fsp3) is 0.800. The van der Waals surface area contributed by atoms with Gasteiger partial charge in [-0.25, -0.2) is 0 Å². The summed E-state index contributed by atoms with van der Waals surface area (Å²) in [5.74, 6) is 0. The Bertz CT molecular complexity index is 102. The van der Waals surface area contributed by atoms with Crippen LogP contribution in [0.3, 0.4) is 0 Å². The number of ether oxygens (including phenoxy) is 2. The summed E-state index contributed by atoms with van der Waals surface area (Å²) in [5.41, 5.74) is 0. The second kappa shape index (κ2) is 8.75. The van der Waals surface area contributed by atoms with Gasteiger partial charge in [-0.05, 0) is 19.3 Å². The Balaban J connectivity index is 3.24. The van der Waals surface area contributed by atoms with Gasteiger partial charge >= 0.3 is 0 Å². The highest BCUT2D eigenvalue weighted by Gasteiger charge is 2.04. The maximum atomic E-state index is 5.22. The molecule has 12 heavy (non-hydrogen) atoms. The standard InChI is InChI=1S/C10H20O2/c1-4-5-6-7-8-10(12-3)9-11-2/h4,10H,1,5-9H2,2-3H3. The molecule has 0 aliphatic rings. The van der Waals surface area contributed by atoms with Gasteiger partial charge in [0.15, 0.2) is 0 Å². The van der Waals surface area contributed by atoms with E-state index >= 15 is 0 Å². The van der Waals surface area contributed by atoms with Gasteiger partial charge in [0.1, 0.15) is 0 Å². The lowest BCUT2D eigenvalue weighted by Crippen LogP contribution is -2.16. The molecule has 1 unspecified atom stereocenters. The highest BCUT2D eigenvalue weighted by atomic mass is 16.5. The van der Waals surface area contributed by atoms with Crippen molar-refractivity contribution in [3.05, 3.63) is 12.7 Å². The average Bonchev–Trinajstić information content (AvgIpc) is 2.10. The Labute approximate surface area is 75.6 Å². The molecule has 0 bridgehead atoms. The maximum absolute atomic E-state index is 5.22. The highest BCUT2D eigenvalue weighted by Crippen LogP contribution is 2.06. The number of allylic oxidation sites excluding steroid dienone is 1. The molecule has 0 heterocycles. The Kier molecular flexibility index (Phi) is 8.51. The van der Waals surface area contributed by atoms with Crippen LogP contribution in [0, 0.1) is 0 Å². The van der Waals surface area contributed by atoms with Crippen molar-refractivity contribution in [1.29, 1.82) is 0 Å². The van der Waals surface area contributed by atoms with E-state index in [1.165, 1.54) is 12.8 Å². The smallest absolute Gasteiger partial charge is 0.0804 e. The Hall–Kier alpha value is -0.340. The highest BCUT2D eigenvalue weighted by molar-refractivity contribution is 4.66. The summed E-state index contributed by atoms with van der Waals surface area (Å²) in [7, 11) is 3.44. The fourth-order valence-corrected chi connectivity index (χ4v) is 1.12. The van der Waals surface area contributed by atoms with Crippen LogP contribution in [0.15, 0.2) is 12.7 Å². The molecule has 2 nitrogen and oxygen atoms in total. The summed E-state index contributed by atoms with van der Waals surface area (Å²) >= 11 is 0. The zero-order chi connectivity index (χ0) is 9.23. The molecule has 0 aliphatic heterocycles. The Morgan fingerprint density at radius 3 is 2.58 bits per heavy atom. The second-order valence-corrected chi connectivity index (χ2v) is 2.89. The van der Waals surface area contributed by atoms with Gasteiger partial charge in [0.2, 0.25) is 0 Å². The third-order valence-electron chi connectivity index (χ3n) is 1.87. The molecule has 0 fully saturated rings. The van der Waals surface area contributed by atoms with Crippen LogP contribution in [0.2, 0.25) is 0 Å². The molecule has 0 saturated carbocycles. The van der Waals surface area contributed by atoms with E-state index in [1.807, 2.05) is 6.08 Å². The van der Waals surface area contributed by atoms with Gasteiger partial charge in [-0.15, -0.1) is 6.58 Å². The predicted molar refractivity (Wildman–Crippen MR) is 51.3 cm³/mol. The van der Waals surface area contributed by atoms with Crippen LogP contribution in [-0.4, -0.2) is 26.9 Å². The molecule has 0 N–H and O–H groups in total. The molecular formula is C10H20O2. The first-order valence-electron chi connectivity index (χ1n) is 4.47. The lowest BCUT2D eigenvalue weighted by molar-refractivity contribution is 0.0222. The Morgan fingerprint density at radius 1 is 1.33 bits per heavy atom. The molecule has 0 saturated heterocycles. The minimum atomic E-state index is 0.264. The molecule has 0 rings (SSSR count). The predicted octanol–water partition coefficient (Wildman–Crippen LogP) is 2.39. The molecule has 0 radical (unpaired) electrons. The molecule has 0 spiro atoms. The molecule has 0 amide bonds. The monoisotopic (exact) mass is 172 g/mol. The van der Waals surface area contributed by atoms with E-state index in [-0.39, 0.29) is 6.10 Å². The van der Waals surface area contributed by atoms with Crippen molar-refractivity contribution in [3.63, 3.8) is 0 Å². The largest absolute Gasteiger partial charge is 0.382 e. The summed E-state index contributed by atoms with van der Waals surface area (Å²) in [6.45, 7) is 4.38. The van der Waals surface area contributed by atoms with Gasteiger partial charge in [-0.1, -0.05) is 12.5 Å². The first-order valence-corrected chi connectivity index (χ1v) is 4.47. The van der Waals surface area contributed by atoms with Crippen LogP contribution >= 0.6 is 0 Å². The summed E-state index contributed by atoms with van der Waals surface area (Å²) in [6, 6.07) is 0. The molecule has 72 valence electrons. The SMILES string of the molecule is C=CCCCCC(COC)OC. The third kappa shape index (κ3) is 6.38. The molecule has 0 aromatic rings. The van der Waals surface area contributed by atoms with Crippen molar-refractivity contribution in [2.45, 2.75) is 31.8 Å². The van der Waals surface area contributed by atoms with Crippen molar-refractivity contribution in [2.24, 2.45) is 0 Å². The molecular weight excluding hydrogens is 152 g/mol. The van der Waals surface area contributed by atoms with Crippen LogP contribution in [0.5, 0.6) is 0 Å². The number of rotatable bonds is 8. The molecule has 0 aliphatic carbocycles. The minimum absolute atomic E-state index is 0.264. The minimum Gasteiger partial charge on any atom is -0.382 e. The molecule has 0 aromatic carbocycles. The van der Waals surface area contributed by atoms with Crippen LogP contribution in [0.4, 0.5) is 0 Å². The molecule has 0 aromatic heterocycles. The molecule has 1 atom stereocenters. The zero-order valence-corrected chi connectivity index (χ0v) is 8.21. The van der Waals surface area contributed by atoms with E-state index in [1.54, 1.807) is 14.2 Å². The lowest BCUT2D eigenvalue weighted by Gasteiger charge is -2.13. The number of methoxy groups -OCH3 is 2. The van der Waals surface area contributed by atoms with Gasteiger partial charge in [-0.3, -0.25) is 0 Å². The number of hydrogen-bond acceptors (Lipinski definition) is 2. The van der Waals surface area contributed by atoms with E-state index in [4.69, 9.17) is 9.47 Å². The van der Waals surface area contributed by atoms with E-state index in [0.29, 0.717) is 6.61 Å². The third-order valence-corrected chi connectivity index (χ3v) is 1.87. The first-order chi connectivity index (χ1) is 5.85. The van der Waals surface area contributed by atoms with E-state index in [2.05, 4.69) is 6.58 Å². The van der Waals surface area contributed by atoms with Gasteiger partial charge < -0.3 is 9.47 Å². The number of unbranched alkanes of at least 4 members (excludes halogenated alkanes) is 2. The summed E-state index contributed by atoms with van der Waals surface area (Å²) < 4.78 is 10.2. The van der Waals surface area contributed by atoms with Crippen molar-refractivity contribution in [1.82, 2.24) is 0 Å². The van der Waals surface area contributed by atoms with Gasteiger partial charge in [0.25, 0.3) is 0 Å². The van der Waals surface area contributed by atoms with Crippen molar-refractivity contribution in [3.8, 4) is 0 Å². The van der Waals surface area contributed by atoms with Gasteiger partial charge in [0.05, 0.1) is 12.7 Å². The van der Waals surface area contributed by atoms with Crippen molar-refractivity contribution < 1.29 is 9.47 Å². The van der Waals surface area contributed by atoms with Gasteiger partial charge in [0, 0.05) is 14.2 Å². The van der Waals surface area contributed by atoms with Crippen molar-refractivity contribution in [2.75, 3.05) is 20.8 Å². The first kappa shape index (κ1) is 11.7. The second-order valence-electron chi connectivity index (χ2n) is 2.89. The van der Waals surface area contributed by atoms with E-state index < -0.39 is 0 Å². The van der Waals surface area contributed by atoms with Crippen LogP contribution < -0.4 is 0 Å². The van der Waals surface area contributed by atoms with E-state index in [9.17, 15) is 0 Å². The maximum Gasteiger partial charge on any atom is 0.0804 e. The van der Waals surface area contributed by atoms with Crippen LogP contribution in [-0.2, 0) is 9.47 Å². The lowest BCUT2D eigenvalue weighted by atomic mass is 10.1. The van der Waals surface area contributed by atoms with E-state index in [0.717, 1.165) is 12.8 Å². The normalized spacial score (nSPS) is 12.8. The summed E-state index contributed by atoms with van der Waals surface area (Å²) in [4.78, 5) is 0. The Morgan fingerprint density at radius 2 is 2.08 bits per heavy atom. The fourth-order valence-electron chi connectivity index (χ4n) is 1.12. The molecule has 2 heteroatoms. The topological polar surface area (TPSA) is 18.5 Å². The van der Waals surface area contributed by atoms with Crippen LogP contribution in [0.25, 0.3) is 0 Å². The zero-order valence-electron chi connectivity index (χ0n) is 8.21. The average molecular weight is 172 g/mol. The number of hydrogen-bond donors (Lipinski definition) is 0. The summed E-state index contributed by atoms with van der Waals surface area (Å²) in [6.07, 6.45) is 6.79. The van der Waals surface area contributed by atoms with Crippen molar-refractivity contribution >= 4 is 0 Å². The van der Waals surface area contributed by atoms with Gasteiger partial charge in [-0.2, -0.15) is 0 Å². The summed E-state index contributed by atoms with van der Waals surface area (Å²) in [5, 5.41) is 0. The quantitative estimate of drug-likeness (QED) is 0.413.